The lowest BCUT2D eigenvalue weighted by molar-refractivity contribution is 0.156. The second-order valence-electron chi connectivity index (χ2n) is 7.50. The maximum Gasteiger partial charge on any atom is 0.193 e. The summed E-state index contributed by atoms with van der Waals surface area (Å²) in [6.45, 7) is 11.1. The van der Waals surface area contributed by atoms with Gasteiger partial charge in [0.2, 0.25) is 0 Å². The van der Waals surface area contributed by atoms with Crippen LogP contribution in [0, 0.1) is 11.3 Å². The van der Waals surface area contributed by atoms with Crippen LogP contribution in [0.2, 0.25) is 0 Å². The lowest BCUT2D eigenvalue weighted by atomic mass is 9.87. The fourth-order valence-corrected chi connectivity index (χ4v) is 4.24. The zero-order valence-corrected chi connectivity index (χ0v) is 17.1. The van der Waals surface area contributed by atoms with E-state index in [1.807, 2.05) is 7.05 Å². The molecule has 3 aliphatic rings. The summed E-state index contributed by atoms with van der Waals surface area (Å²) < 4.78 is 5.62. The molecule has 0 aromatic carbocycles. The summed E-state index contributed by atoms with van der Waals surface area (Å²) in [7, 11) is 1.90. The number of piperidine rings is 1. The van der Waals surface area contributed by atoms with Crippen LogP contribution in [-0.2, 0) is 4.74 Å². The third kappa shape index (κ3) is 4.95. The Kier molecular flexibility index (Phi) is 7.41. The van der Waals surface area contributed by atoms with E-state index >= 15 is 0 Å². The fraction of sp³-hybridized carbons (Fsp3) is 0.941. The molecule has 2 atom stereocenters. The van der Waals surface area contributed by atoms with Gasteiger partial charge in [-0.15, -0.1) is 24.0 Å². The highest BCUT2D eigenvalue weighted by Crippen LogP contribution is 2.38. The van der Waals surface area contributed by atoms with E-state index in [0.29, 0.717) is 5.41 Å². The van der Waals surface area contributed by atoms with Gasteiger partial charge >= 0.3 is 0 Å². The molecule has 1 N–H and O–H groups in total. The van der Waals surface area contributed by atoms with Crippen molar-refractivity contribution < 1.29 is 4.74 Å². The summed E-state index contributed by atoms with van der Waals surface area (Å²) in [5.74, 6) is 1.93. The molecule has 3 heterocycles. The van der Waals surface area contributed by atoms with Gasteiger partial charge in [-0.25, -0.2) is 0 Å². The summed E-state index contributed by atoms with van der Waals surface area (Å²) in [5.41, 5.74) is 0.403. The van der Waals surface area contributed by atoms with Gasteiger partial charge in [0.05, 0.1) is 6.61 Å². The average molecular weight is 436 g/mol. The highest BCUT2D eigenvalue weighted by Gasteiger charge is 2.42. The van der Waals surface area contributed by atoms with Gasteiger partial charge in [-0.05, 0) is 38.1 Å². The Balaban J connectivity index is 0.00000192. The monoisotopic (exact) mass is 436 g/mol. The van der Waals surface area contributed by atoms with E-state index in [4.69, 9.17) is 4.74 Å². The van der Waals surface area contributed by atoms with Crippen LogP contribution in [0.25, 0.3) is 0 Å². The molecule has 3 saturated heterocycles. The Bertz CT molecular complexity index is 398. The molecule has 0 aromatic heterocycles. The van der Waals surface area contributed by atoms with Crippen molar-refractivity contribution >= 4 is 29.9 Å². The first-order valence-electron chi connectivity index (χ1n) is 8.96. The molecule has 0 radical (unpaired) electrons. The first-order valence-corrected chi connectivity index (χ1v) is 8.96. The largest absolute Gasteiger partial charge is 0.381 e. The number of hydrogen-bond acceptors (Lipinski definition) is 3. The lowest BCUT2D eigenvalue weighted by Gasteiger charge is -2.31. The van der Waals surface area contributed by atoms with E-state index in [2.05, 4.69) is 27.0 Å². The van der Waals surface area contributed by atoms with Crippen molar-refractivity contribution in [2.75, 3.05) is 59.5 Å². The standard InChI is InChI=1S/C17H32N4O.HI/c1-15-4-3-8-20(12-15)10-7-19-16(18-2)21-9-5-17(13-21)6-11-22-14-17;/h15H,3-14H2,1-2H3,(H,18,19);1H. The molecular formula is C17H33IN4O. The summed E-state index contributed by atoms with van der Waals surface area (Å²) in [4.78, 5) is 9.51. The highest BCUT2D eigenvalue weighted by atomic mass is 127. The predicted octanol–water partition coefficient (Wildman–Crippen LogP) is 2.02. The molecule has 0 saturated carbocycles. The minimum absolute atomic E-state index is 0. The van der Waals surface area contributed by atoms with Crippen LogP contribution in [0.4, 0.5) is 0 Å². The first-order chi connectivity index (χ1) is 10.7. The Labute approximate surface area is 158 Å². The quantitative estimate of drug-likeness (QED) is 0.418. The van der Waals surface area contributed by atoms with Crippen LogP contribution < -0.4 is 5.32 Å². The number of guanidine groups is 1. The average Bonchev–Trinajstić information content (AvgIpc) is 3.14. The molecule has 0 amide bonds. The van der Waals surface area contributed by atoms with Crippen molar-refractivity contribution in [1.29, 1.82) is 0 Å². The molecule has 5 nitrogen and oxygen atoms in total. The van der Waals surface area contributed by atoms with Crippen molar-refractivity contribution in [3.05, 3.63) is 0 Å². The van der Waals surface area contributed by atoms with Crippen molar-refractivity contribution in [2.45, 2.75) is 32.6 Å². The SMILES string of the molecule is CN=C(NCCN1CCCC(C)C1)N1CCC2(CCOC2)C1.I. The molecule has 3 aliphatic heterocycles. The smallest absolute Gasteiger partial charge is 0.193 e. The molecule has 0 aliphatic carbocycles. The van der Waals surface area contributed by atoms with E-state index in [1.54, 1.807) is 0 Å². The van der Waals surface area contributed by atoms with Crippen LogP contribution in [0.3, 0.4) is 0 Å². The van der Waals surface area contributed by atoms with E-state index in [0.717, 1.165) is 51.3 Å². The van der Waals surface area contributed by atoms with Gasteiger partial charge in [0.15, 0.2) is 5.96 Å². The molecule has 1 spiro atoms. The maximum absolute atomic E-state index is 5.62. The molecular weight excluding hydrogens is 403 g/mol. The van der Waals surface area contributed by atoms with Crippen LogP contribution in [-0.4, -0.2) is 75.3 Å². The van der Waals surface area contributed by atoms with Crippen LogP contribution >= 0.6 is 24.0 Å². The molecule has 0 bridgehead atoms. The minimum atomic E-state index is 0. The number of rotatable bonds is 3. The van der Waals surface area contributed by atoms with E-state index in [9.17, 15) is 0 Å². The maximum atomic E-state index is 5.62. The molecule has 134 valence electrons. The fourth-order valence-electron chi connectivity index (χ4n) is 4.24. The number of likely N-dealkylation sites (tertiary alicyclic amines) is 2. The lowest BCUT2D eigenvalue weighted by Crippen LogP contribution is -2.45. The number of ether oxygens (including phenoxy) is 1. The van der Waals surface area contributed by atoms with Crippen LogP contribution in [0.15, 0.2) is 4.99 Å². The van der Waals surface area contributed by atoms with Crippen molar-refractivity contribution in [3.8, 4) is 0 Å². The Morgan fingerprint density at radius 1 is 1.35 bits per heavy atom. The van der Waals surface area contributed by atoms with Gasteiger partial charge in [-0.3, -0.25) is 4.99 Å². The van der Waals surface area contributed by atoms with Gasteiger partial charge in [0.1, 0.15) is 0 Å². The third-order valence-corrected chi connectivity index (χ3v) is 5.59. The number of hydrogen-bond donors (Lipinski definition) is 1. The number of nitrogens with zero attached hydrogens (tertiary/aromatic N) is 3. The highest BCUT2D eigenvalue weighted by molar-refractivity contribution is 14.0. The second-order valence-corrected chi connectivity index (χ2v) is 7.50. The van der Waals surface area contributed by atoms with Crippen molar-refractivity contribution in [2.24, 2.45) is 16.3 Å². The molecule has 3 fully saturated rings. The van der Waals surface area contributed by atoms with E-state index in [-0.39, 0.29) is 24.0 Å². The zero-order chi connectivity index (χ0) is 15.4. The van der Waals surface area contributed by atoms with Crippen molar-refractivity contribution in [3.63, 3.8) is 0 Å². The molecule has 6 heteroatoms. The summed E-state index contributed by atoms with van der Waals surface area (Å²) in [6.07, 6.45) is 5.21. The third-order valence-electron chi connectivity index (χ3n) is 5.59. The summed E-state index contributed by atoms with van der Waals surface area (Å²) in [5, 5.41) is 3.57. The number of nitrogens with one attached hydrogen (secondary N) is 1. The molecule has 0 aromatic rings. The van der Waals surface area contributed by atoms with E-state index < -0.39 is 0 Å². The predicted molar refractivity (Wildman–Crippen MR) is 106 cm³/mol. The van der Waals surface area contributed by atoms with Gasteiger partial charge in [-0.1, -0.05) is 6.92 Å². The summed E-state index contributed by atoms with van der Waals surface area (Å²) >= 11 is 0. The molecule has 3 rings (SSSR count). The molecule has 2 unspecified atom stereocenters. The first kappa shape index (κ1) is 19.2. The van der Waals surface area contributed by atoms with Gasteiger partial charge in [-0.2, -0.15) is 0 Å². The van der Waals surface area contributed by atoms with Gasteiger partial charge in [0, 0.05) is 51.8 Å². The Hall–Kier alpha value is -0.0800. The minimum Gasteiger partial charge on any atom is -0.381 e. The van der Waals surface area contributed by atoms with Gasteiger partial charge < -0.3 is 19.9 Å². The Morgan fingerprint density at radius 3 is 2.91 bits per heavy atom. The molecule has 23 heavy (non-hydrogen) atoms. The topological polar surface area (TPSA) is 40.1 Å². The number of halogens is 1. The van der Waals surface area contributed by atoms with Crippen LogP contribution in [0.5, 0.6) is 0 Å². The van der Waals surface area contributed by atoms with Crippen molar-refractivity contribution in [1.82, 2.24) is 15.1 Å². The second kappa shape index (κ2) is 8.85. The number of aliphatic imine (C=N–C) groups is 1. The van der Waals surface area contributed by atoms with Gasteiger partial charge in [0.25, 0.3) is 0 Å². The summed E-state index contributed by atoms with van der Waals surface area (Å²) in [6, 6.07) is 0. The van der Waals surface area contributed by atoms with E-state index in [1.165, 1.54) is 38.8 Å². The normalized spacial score (nSPS) is 32.3. The van der Waals surface area contributed by atoms with Crippen LogP contribution in [0.1, 0.15) is 32.6 Å². The Morgan fingerprint density at radius 2 is 2.22 bits per heavy atom. The zero-order valence-electron chi connectivity index (χ0n) is 14.7.